The van der Waals surface area contributed by atoms with Crippen molar-refractivity contribution in [2.75, 3.05) is 0 Å². The monoisotopic (exact) mass is 169 g/mol. The van der Waals surface area contributed by atoms with Crippen molar-refractivity contribution in [3.63, 3.8) is 0 Å². The molecule has 0 saturated heterocycles. The second-order valence-electron chi connectivity index (χ2n) is 2.64. The van der Waals surface area contributed by atoms with E-state index in [2.05, 4.69) is 6.58 Å². The van der Waals surface area contributed by atoms with Crippen LogP contribution in [0.5, 0.6) is 0 Å². The van der Waals surface area contributed by atoms with Crippen LogP contribution in [0.1, 0.15) is 12.8 Å². The van der Waals surface area contributed by atoms with Crippen LogP contribution in [-0.4, -0.2) is 12.0 Å². The smallest absolute Gasteiger partial charge is 0.256 e. The molecule has 0 spiro atoms. The van der Waals surface area contributed by atoms with E-state index in [-0.39, 0.29) is 25.2 Å². The molecule has 10 heavy (non-hydrogen) atoms. The summed E-state index contributed by atoms with van der Waals surface area (Å²) in [7, 11) is 0. The Kier molecular flexibility index (Phi) is 2.80. The molecule has 0 radical (unpaired) electrons. The third-order valence-electron chi connectivity index (χ3n) is 1.59. The van der Waals surface area contributed by atoms with Gasteiger partial charge in [-0.2, -0.15) is 0 Å². The largest absolute Gasteiger partial charge is 0.320 e. The molecule has 0 aromatic rings. The molecule has 1 saturated carbocycles. The molecular formula is C6H10ClF2N. The lowest BCUT2D eigenvalue weighted by Gasteiger charge is -2.38. The van der Waals surface area contributed by atoms with E-state index in [0.29, 0.717) is 0 Å². The predicted molar refractivity (Wildman–Crippen MR) is 38.5 cm³/mol. The summed E-state index contributed by atoms with van der Waals surface area (Å²) in [5.41, 5.74) is 4.82. The summed E-state index contributed by atoms with van der Waals surface area (Å²) < 4.78 is 23.7. The van der Waals surface area contributed by atoms with E-state index in [9.17, 15) is 8.78 Å². The first kappa shape index (κ1) is 9.85. The van der Waals surface area contributed by atoms with Gasteiger partial charge in [-0.1, -0.05) is 12.2 Å². The fraction of sp³-hybridized carbons (Fsp3) is 0.667. The molecule has 4 heteroatoms. The zero-order chi connectivity index (χ0) is 7.07. The van der Waals surface area contributed by atoms with Gasteiger partial charge in [-0.3, -0.25) is 0 Å². The molecule has 0 unspecified atom stereocenters. The van der Waals surface area contributed by atoms with Gasteiger partial charge in [-0.05, 0) is 12.8 Å². The van der Waals surface area contributed by atoms with Crippen LogP contribution in [0.2, 0.25) is 0 Å². The summed E-state index contributed by atoms with van der Waals surface area (Å²) in [4.78, 5) is 0. The van der Waals surface area contributed by atoms with E-state index in [0.717, 1.165) is 5.57 Å². The molecule has 1 aliphatic rings. The van der Waals surface area contributed by atoms with E-state index >= 15 is 0 Å². The van der Waals surface area contributed by atoms with E-state index in [1.165, 1.54) is 0 Å². The SMILES string of the molecule is C=C1CC(N)(C(F)F)C1.Cl. The highest BCUT2D eigenvalue weighted by atomic mass is 35.5. The Morgan fingerprint density at radius 3 is 2.00 bits per heavy atom. The van der Waals surface area contributed by atoms with Crippen LogP contribution in [0.4, 0.5) is 8.78 Å². The fourth-order valence-corrected chi connectivity index (χ4v) is 1.03. The van der Waals surface area contributed by atoms with Crippen molar-refractivity contribution in [1.82, 2.24) is 0 Å². The lowest BCUT2D eigenvalue weighted by molar-refractivity contribution is 0.0317. The van der Waals surface area contributed by atoms with Gasteiger partial charge < -0.3 is 5.73 Å². The molecule has 1 rings (SSSR count). The predicted octanol–water partition coefficient (Wildman–Crippen LogP) is 1.72. The van der Waals surface area contributed by atoms with Crippen LogP contribution < -0.4 is 5.73 Å². The first-order valence-corrected chi connectivity index (χ1v) is 2.78. The lowest BCUT2D eigenvalue weighted by Crippen LogP contribution is -2.53. The van der Waals surface area contributed by atoms with E-state index < -0.39 is 12.0 Å². The van der Waals surface area contributed by atoms with E-state index in [1.807, 2.05) is 0 Å². The Morgan fingerprint density at radius 2 is 1.90 bits per heavy atom. The Labute approximate surface area is 64.7 Å². The molecule has 0 bridgehead atoms. The molecule has 0 aliphatic heterocycles. The Balaban J connectivity index is 0.000000810. The van der Waals surface area contributed by atoms with Crippen LogP contribution in [0.25, 0.3) is 0 Å². The number of rotatable bonds is 1. The minimum absolute atomic E-state index is 0. The quantitative estimate of drug-likeness (QED) is 0.595. The summed E-state index contributed by atoms with van der Waals surface area (Å²) in [5, 5.41) is 0. The van der Waals surface area contributed by atoms with Crippen LogP contribution in [0, 0.1) is 0 Å². The first-order valence-electron chi connectivity index (χ1n) is 2.78. The van der Waals surface area contributed by atoms with Crippen molar-refractivity contribution >= 4 is 12.4 Å². The second kappa shape index (κ2) is 2.84. The van der Waals surface area contributed by atoms with E-state index in [4.69, 9.17) is 5.73 Å². The van der Waals surface area contributed by atoms with Gasteiger partial charge in [0.1, 0.15) is 0 Å². The standard InChI is InChI=1S/C6H9F2N.ClH/c1-4-2-6(9,3-4)5(7)8;/h5H,1-3,9H2;1H. The maximum Gasteiger partial charge on any atom is 0.256 e. The number of alkyl halides is 2. The molecule has 0 aromatic heterocycles. The molecular weight excluding hydrogens is 160 g/mol. The van der Waals surface area contributed by atoms with Gasteiger partial charge in [0.05, 0.1) is 5.54 Å². The highest BCUT2D eigenvalue weighted by Crippen LogP contribution is 2.38. The van der Waals surface area contributed by atoms with Gasteiger partial charge in [0.2, 0.25) is 0 Å². The van der Waals surface area contributed by atoms with Gasteiger partial charge in [0.25, 0.3) is 6.43 Å². The first-order chi connectivity index (χ1) is 4.04. The normalized spacial score (nSPS) is 21.8. The van der Waals surface area contributed by atoms with Gasteiger partial charge in [-0.25, -0.2) is 8.78 Å². The maximum atomic E-state index is 11.9. The summed E-state index contributed by atoms with van der Waals surface area (Å²) >= 11 is 0. The minimum Gasteiger partial charge on any atom is -0.320 e. The lowest BCUT2D eigenvalue weighted by atomic mass is 9.74. The van der Waals surface area contributed by atoms with Crippen LogP contribution in [0.15, 0.2) is 12.2 Å². The zero-order valence-electron chi connectivity index (χ0n) is 5.44. The highest BCUT2D eigenvalue weighted by Gasteiger charge is 2.43. The van der Waals surface area contributed by atoms with Crippen LogP contribution in [0.3, 0.4) is 0 Å². The maximum absolute atomic E-state index is 11.9. The van der Waals surface area contributed by atoms with Crippen molar-refractivity contribution in [2.24, 2.45) is 5.73 Å². The number of hydrogen-bond acceptors (Lipinski definition) is 1. The fourth-order valence-electron chi connectivity index (χ4n) is 1.03. The van der Waals surface area contributed by atoms with Crippen molar-refractivity contribution in [1.29, 1.82) is 0 Å². The molecule has 1 aliphatic carbocycles. The van der Waals surface area contributed by atoms with E-state index in [1.54, 1.807) is 0 Å². The third kappa shape index (κ3) is 1.47. The topological polar surface area (TPSA) is 26.0 Å². The van der Waals surface area contributed by atoms with Gasteiger partial charge in [0.15, 0.2) is 0 Å². The molecule has 0 amide bonds. The zero-order valence-corrected chi connectivity index (χ0v) is 6.26. The van der Waals surface area contributed by atoms with Crippen LogP contribution >= 0.6 is 12.4 Å². The van der Waals surface area contributed by atoms with Crippen LogP contribution in [-0.2, 0) is 0 Å². The molecule has 2 N–H and O–H groups in total. The number of nitrogens with two attached hydrogens (primary N) is 1. The molecule has 1 nitrogen and oxygen atoms in total. The highest BCUT2D eigenvalue weighted by molar-refractivity contribution is 5.85. The Bertz CT molecular complexity index is 139. The Hall–Kier alpha value is -0.150. The summed E-state index contributed by atoms with van der Waals surface area (Å²) in [6.07, 6.45) is -1.84. The minimum atomic E-state index is -2.40. The third-order valence-corrected chi connectivity index (χ3v) is 1.59. The van der Waals surface area contributed by atoms with Crippen molar-refractivity contribution < 1.29 is 8.78 Å². The summed E-state index contributed by atoms with van der Waals surface area (Å²) in [6, 6.07) is 0. The second-order valence-corrected chi connectivity index (χ2v) is 2.64. The molecule has 0 heterocycles. The number of halogens is 3. The average molecular weight is 170 g/mol. The van der Waals surface area contributed by atoms with Crippen molar-refractivity contribution in [3.05, 3.63) is 12.2 Å². The molecule has 0 atom stereocenters. The summed E-state index contributed by atoms with van der Waals surface area (Å²) in [6.45, 7) is 3.52. The Morgan fingerprint density at radius 1 is 1.50 bits per heavy atom. The van der Waals surface area contributed by atoms with Crippen molar-refractivity contribution in [2.45, 2.75) is 24.8 Å². The van der Waals surface area contributed by atoms with Gasteiger partial charge in [-0.15, -0.1) is 12.4 Å². The molecule has 1 fully saturated rings. The van der Waals surface area contributed by atoms with Gasteiger partial charge in [0, 0.05) is 0 Å². The summed E-state index contributed by atoms with van der Waals surface area (Å²) in [5.74, 6) is 0. The van der Waals surface area contributed by atoms with Crippen molar-refractivity contribution in [3.8, 4) is 0 Å². The number of hydrogen-bond donors (Lipinski definition) is 1. The molecule has 60 valence electrons. The van der Waals surface area contributed by atoms with Gasteiger partial charge >= 0.3 is 0 Å². The molecule has 0 aromatic carbocycles. The average Bonchev–Trinajstić information content (AvgIpc) is 1.62.